The summed E-state index contributed by atoms with van der Waals surface area (Å²) in [4.78, 5) is 20.0. The highest BCUT2D eigenvalue weighted by Crippen LogP contribution is 2.50. The lowest BCUT2D eigenvalue weighted by Gasteiger charge is -2.49. The first-order valence-corrected chi connectivity index (χ1v) is 25.2. The van der Waals surface area contributed by atoms with Gasteiger partial charge in [-0.25, -0.2) is 8.42 Å². The Labute approximate surface area is 393 Å². The van der Waals surface area contributed by atoms with Gasteiger partial charge in [0.2, 0.25) is 16.3 Å². The third-order valence-electron chi connectivity index (χ3n) is 14.0. The Morgan fingerprint density at radius 2 is 1.50 bits per heavy atom. The van der Waals surface area contributed by atoms with Crippen molar-refractivity contribution in [2.24, 2.45) is 11.8 Å². The lowest BCUT2D eigenvalue weighted by Crippen LogP contribution is -2.48. The zero-order valence-corrected chi connectivity index (χ0v) is 40.4. The van der Waals surface area contributed by atoms with Crippen molar-refractivity contribution in [2.75, 3.05) is 81.5 Å². The number of sulfonamides is 1. The first-order chi connectivity index (χ1) is 32.0. The van der Waals surface area contributed by atoms with E-state index >= 15 is 4.79 Å². The molecule has 0 aliphatic carbocycles. The van der Waals surface area contributed by atoms with Crippen LogP contribution in [0.5, 0.6) is 28.7 Å². The van der Waals surface area contributed by atoms with Gasteiger partial charge >= 0.3 is 0 Å². The molecule has 66 heavy (non-hydrogen) atoms. The molecule has 16 heteroatoms. The number of carbonyl (C=O) groups excluding carboxylic acids is 1. The minimum atomic E-state index is -3.97. The maximum Gasteiger partial charge on any atom is 0.289 e. The molecule has 8 rings (SSSR count). The molecule has 14 nitrogen and oxygen atoms in total. The average molecular weight is 946 g/mol. The van der Waals surface area contributed by atoms with Crippen molar-refractivity contribution >= 4 is 27.3 Å². The number of ether oxygens (including phenoxy) is 7. The number of hydrogen-bond donors (Lipinski definition) is 1. The van der Waals surface area contributed by atoms with Gasteiger partial charge in [-0.1, -0.05) is 13.3 Å². The smallest absolute Gasteiger partial charge is 0.289 e. The zero-order valence-electron chi connectivity index (χ0n) is 38.8. The van der Waals surface area contributed by atoms with E-state index in [0.29, 0.717) is 42.6 Å². The van der Waals surface area contributed by atoms with Crippen LogP contribution in [0.1, 0.15) is 78.4 Å². The third-order valence-corrected chi connectivity index (χ3v) is 16.6. The fourth-order valence-corrected chi connectivity index (χ4v) is 12.6. The summed E-state index contributed by atoms with van der Waals surface area (Å²) < 4.78 is 69.7. The number of rotatable bonds is 18. The Kier molecular flexibility index (Phi) is 15.2. The van der Waals surface area contributed by atoms with Crippen LogP contribution < -0.4 is 23.7 Å². The highest BCUT2D eigenvalue weighted by Gasteiger charge is 2.43. The van der Waals surface area contributed by atoms with E-state index in [2.05, 4.69) is 41.5 Å². The Hall–Kier alpha value is -4.84. The van der Waals surface area contributed by atoms with Crippen LogP contribution >= 0.6 is 11.3 Å². The van der Waals surface area contributed by atoms with Gasteiger partial charge in [0.05, 0.1) is 59.7 Å². The minimum Gasteiger partial charge on any atom is -0.497 e. The Morgan fingerprint density at radius 1 is 0.833 bits per heavy atom. The molecule has 1 aromatic heterocycles. The van der Waals surface area contributed by atoms with Crippen molar-refractivity contribution in [2.45, 2.75) is 74.6 Å². The molecule has 3 aromatic carbocycles. The monoisotopic (exact) mass is 945 g/mol. The van der Waals surface area contributed by atoms with Crippen LogP contribution in [0.4, 0.5) is 0 Å². The number of benzene rings is 3. The van der Waals surface area contributed by atoms with E-state index in [4.69, 9.17) is 33.2 Å². The van der Waals surface area contributed by atoms with Crippen molar-refractivity contribution in [3.05, 3.63) is 105 Å². The number of aliphatic hydroxyl groups is 1. The van der Waals surface area contributed by atoms with Gasteiger partial charge in [-0.2, -0.15) is 15.6 Å². The quantitative estimate of drug-likeness (QED) is 0.106. The second-order valence-electron chi connectivity index (χ2n) is 17.4. The van der Waals surface area contributed by atoms with Gasteiger partial charge in [0, 0.05) is 51.1 Å². The fourth-order valence-electron chi connectivity index (χ4n) is 10.5. The van der Waals surface area contributed by atoms with Gasteiger partial charge in [-0.05, 0) is 137 Å². The SMILES string of the molecule is CC[C@H]1CN2CCc3cc(OC)c(OC)cc3[C@@H]2C[C@@H]1C[C@@H]1c2cc(OC)c(OC)cc2CCN1C(=O)C1=C[C@H](c2ccsc2)C[C@H](OCCN(CCO)S(=O)(=O)c2ccc(OC)cc2)O1. The molecule has 6 atom stereocenters. The number of piperidine rings is 1. The first kappa shape index (κ1) is 47.6. The number of fused-ring (bicyclic) bond motifs is 4. The topological polar surface area (TPSA) is 146 Å². The van der Waals surface area contributed by atoms with Gasteiger partial charge in [0.15, 0.2) is 28.8 Å². The number of aliphatic hydroxyl groups excluding tert-OH is 1. The third kappa shape index (κ3) is 9.76. The van der Waals surface area contributed by atoms with Crippen LogP contribution in [0, 0.1) is 11.8 Å². The minimum absolute atomic E-state index is 0.0285. The molecule has 4 aliphatic rings. The summed E-state index contributed by atoms with van der Waals surface area (Å²) in [7, 11) is 4.20. The molecule has 0 spiro atoms. The first-order valence-electron chi connectivity index (χ1n) is 22.9. The average Bonchev–Trinajstić information content (AvgIpc) is 3.90. The molecule has 0 bridgehead atoms. The molecule has 5 heterocycles. The highest BCUT2D eigenvalue weighted by atomic mass is 32.2. The number of allylic oxidation sites excluding steroid dienone is 1. The van der Waals surface area contributed by atoms with E-state index < -0.39 is 16.3 Å². The van der Waals surface area contributed by atoms with Crippen LogP contribution in [0.2, 0.25) is 0 Å². The van der Waals surface area contributed by atoms with Gasteiger partial charge < -0.3 is 43.2 Å². The largest absolute Gasteiger partial charge is 0.497 e. The van der Waals surface area contributed by atoms with Gasteiger partial charge in [0.1, 0.15) is 5.75 Å². The highest BCUT2D eigenvalue weighted by molar-refractivity contribution is 7.89. The molecule has 0 saturated carbocycles. The van der Waals surface area contributed by atoms with E-state index in [1.54, 1.807) is 51.9 Å². The van der Waals surface area contributed by atoms with Crippen LogP contribution in [-0.4, -0.2) is 121 Å². The van der Waals surface area contributed by atoms with Crippen LogP contribution in [-0.2, 0) is 37.1 Å². The molecular formula is C50H63N3O11S2. The number of amides is 1. The van der Waals surface area contributed by atoms with Crippen molar-refractivity contribution in [3.63, 3.8) is 0 Å². The maximum absolute atomic E-state index is 15.3. The molecular weight excluding hydrogens is 883 g/mol. The lowest BCUT2D eigenvalue weighted by molar-refractivity contribution is -0.155. The summed E-state index contributed by atoms with van der Waals surface area (Å²) in [5.41, 5.74) is 5.78. The number of nitrogens with zero attached hydrogens (tertiary/aromatic N) is 3. The summed E-state index contributed by atoms with van der Waals surface area (Å²) in [6.07, 6.45) is 5.76. The molecule has 1 saturated heterocycles. The Morgan fingerprint density at radius 3 is 2.14 bits per heavy atom. The van der Waals surface area contributed by atoms with Gasteiger partial charge in [0.25, 0.3) is 5.91 Å². The fraction of sp³-hybridized carbons (Fsp3) is 0.500. The Bertz CT molecular complexity index is 2450. The Balaban J connectivity index is 1.08. The van der Waals surface area contributed by atoms with E-state index in [1.807, 2.05) is 22.4 Å². The summed E-state index contributed by atoms with van der Waals surface area (Å²) in [5, 5.41) is 14.0. The number of methoxy groups -OCH3 is 5. The molecule has 1 amide bonds. The standard InChI is InChI=1S/C50H63N3O11S2/c1-7-32-30-51-15-12-33-24-44(59-3)46(61-5)28-40(33)42(51)22-36(32)23-43-41-29-47(62-6)45(60-4)25-34(41)13-16-53(43)50(55)48-26-37(35-14-21-65-31-35)27-49(64-48)63-20-18-52(17-19-54)66(56,57)39-10-8-38(58-2)9-11-39/h8-11,14,21,24-26,28-29,31-32,36-37,42-43,49,54H,7,12-13,15-20,22-23,27,30H2,1-6H3/t32-,36+,37-,42-,43+,49+/m0/s1. The van der Waals surface area contributed by atoms with Crippen LogP contribution in [0.25, 0.3) is 0 Å². The zero-order chi connectivity index (χ0) is 46.5. The number of carbonyl (C=O) groups is 1. The predicted octanol–water partition coefficient (Wildman–Crippen LogP) is 7.37. The molecule has 0 unspecified atom stereocenters. The second-order valence-corrected chi connectivity index (χ2v) is 20.1. The molecule has 356 valence electrons. The number of thiophene rings is 1. The van der Waals surface area contributed by atoms with E-state index in [-0.39, 0.29) is 66.8 Å². The van der Waals surface area contributed by atoms with Crippen molar-refractivity contribution in [3.8, 4) is 28.7 Å². The van der Waals surface area contributed by atoms with Gasteiger partial charge in [-0.15, -0.1) is 0 Å². The lowest BCUT2D eigenvalue weighted by atomic mass is 9.72. The second kappa shape index (κ2) is 21.0. The van der Waals surface area contributed by atoms with E-state index in [9.17, 15) is 13.5 Å². The molecule has 0 radical (unpaired) electrons. The van der Waals surface area contributed by atoms with Crippen LogP contribution in [0.15, 0.2) is 82.1 Å². The molecule has 1 N–H and O–H groups in total. The predicted molar refractivity (Wildman–Crippen MR) is 251 cm³/mol. The summed E-state index contributed by atoms with van der Waals surface area (Å²) in [6, 6.07) is 16.5. The molecule has 4 aliphatic heterocycles. The van der Waals surface area contributed by atoms with Crippen molar-refractivity contribution < 1.29 is 51.5 Å². The summed E-state index contributed by atoms with van der Waals surface area (Å²) in [6.45, 7) is 4.13. The van der Waals surface area contributed by atoms with E-state index in [0.717, 1.165) is 67.0 Å². The van der Waals surface area contributed by atoms with Crippen molar-refractivity contribution in [1.29, 1.82) is 0 Å². The summed E-state index contributed by atoms with van der Waals surface area (Å²) in [5.74, 6) is 3.78. The molecule has 1 fully saturated rings. The number of hydrogen-bond acceptors (Lipinski definition) is 13. The molecule has 4 aromatic rings. The van der Waals surface area contributed by atoms with Crippen molar-refractivity contribution in [1.82, 2.24) is 14.1 Å². The van der Waals surface area contributed by atoms with Crippen LogP contribution in [0.3, 0.4) is 0 Å². The maximum atomic E-state index is 15.3. The van der Waals surface area contributed by atoms with E-state index in [1.165, 1.54) is 34.7 Å². The summed E-state index contributed by atoms with van der Waals surface area (Å²) >= 11 is 1.58. The van der Waals surface area contributed by atoms with Gasteiger partial charge in [-0.3, -0.25) is 9.69 Å². The normalized spacial score (nSPS) is 22.9.